The number of aromatic nitrogens is 4. The second kappa shape index (κ2) is 9.08. The van der Waals surface area contributed by atoms with Crippen molar-refractivity contribution in [1.29, 1.82) is 0 Å². The average Bonchev–Trinajstić information content (AvgIpc) is 3.18. The molecule has 2 aromatic heterocycles. The third-order valence-electron chi connectivity index (χ3n) is 4.52. The Morgan fingerprint density at radius 2 is 1.92 bits per heavy atom. The summed E-state index contributed by atoms with van der Waals surface area (Å²) < 4.78 is 3.96. The molecule has 0 aromatic carbocycles. The number of aryl methyl sites for hydroxylation is 1. The SMILES string of the molecule is CCCc1nnc(SCC(=O)NC2CCCCCC2)n1-n1cccc1. The van der Waals surface area contributed by atoms with E-state index in [1.165, 1.54) is 37.4 Å². The van der Waals surface area contributed by atoms with Crippen molar-refractivity contribution in [3.63, 3.8) is 0 Å². The second-order valence-electron chi connectivity index (χ2n) is 6.57. The van der Waals surface area contributed by atoms with Gasteiger partial charge in [-0.05, 0) is 31.4 Å². The molecule has 2 heterocycles. The van der Waals surface area contributed by atoms with Crippen LogP contribution in [-0.4, -0.2) is 37.3 Å². The summed E-state index contributed by atoms with van der Waals surface area (Å²) in [6.45, 7) is 2.13. The van der Waals surface area contributed by atoms with Crippen LogP contribution in [0.4, 0.5) is 0 Å². The van der Waals surface area contributed by atoms with Crippen molar-refractivity contribution in [2.75, 3.05) is 5.75 Å². The number of nitrogens with zero attached hydrogens (tertiary/aromatic N) is 4. The molecule has 3 rings (SSSR count). The highest BCUT2D eigenvalue weighted by Gasteiger charge is 2.17. The Kier molecular flexibility index (Phi) is 6.55. The van der Waals surface area contributed by atoms with Crippen LogP contribution in [0.1, 0.15) is 57.7 Å². The molecule has 1 N–H and O–H groups in total. The predicted octanol–water partition coefficient (Wildman–Crippen LogP) is 3.27. The Bertz CT molecular complexity index is 659. The van der Waals surface area contributed by atoms with Crippen LogP contribution in [0.25, 0.3) is 0 Å². The van der Waals surface area contributed by atoms with Crippen LogP contribution < -0.4 is 5.32 Å². The van der Waals surface area contributed by atoms with Gasteiger partial charge in [0, 0.05) is 24.9 Å². The molecule has 0 atom stereocenters. The van der Waals surface area contributed by atoms with E-state index in [1.54, 1.807) is 0 Å². The number of amides is 1. The van der Waals surface area contributed by atoms with Gasteiger partial charge in [-0.3, -0.25) is 9.47 Å². The van der Waals surface area contributed by atoms with Gasteiger partial charge in [-0.2, -0.15) is 0 Å². The van der Waals surface area contributed by atoms with Crippen molar-refractivity contribution in [1.82, 2.24) is 24.9 Å². The van der Waals surface area contributed by atoms with Gasteiger partial charge in [0.2, 0.25) is 11.1 Å². The Morgan fingerprint density at radius 1 is 1.20 bits per heavy atom. The molecular weight excluding hydrogens is 334 g/mol. The van der Waals surface area contributed by atoms with Crippen molar-refractivity contribution >= 4 is 17.7 Å². The fraction of sp³-hybridized carbons (Fsp3) is 0.611. The summed E-state index contributed by atoms with van der Waals surface area (Å²) >= 11 is 1.45. The van der Waals surface area contributed by atoms with Gasteiger partial charge in [0.15, 0.2) is 5.82 Å². The molecule has 1 saturated carbocycles. The van der Waals surface area contributed by atoms with E-state index < -0.39 is 0 Å². The second-order valence-corrected chi connectivity index (χ2v) is 7.51. The number of rotatable bonds is 7. The molecule has 1 aliphatic rings. The highest BCUT2D eigenvalue weighted by atomic mass is 32.2. The summed E-state index contributed by atoms with van der Waals surface area (Å²) in [7, 11) is 0. The molecule has 0 bridgehead atoms. The van der Waals surface area contributed by atoms with Crippen LogP contribution in [-0.2, 0) is 11.2 Å². The van der Waals surface area contributed by atoms with Crippen LogP contribution in [0, 0.1) is 0 Å². The lowest BCUT2D eigenvalue weighted by molar-refractivity contribution is -0.119. The van der Waals surface area contributed by atoms with Gasteiger partial charge in [0.05, 0.1) is 5.75 Å². The zero-order valence-electron chi connectivity index (χ0n) is 14.9. The summed E-state index contributed by atoms with van der Waals surface area (Å²) in [5.74, 6) is 1.39. The quantitative estimate of drug-likeness (QED) is 0.607. The minimum atomic E-state index is 0.0935. The highest BCUT2D eigenvalue weighted by molar-refractivity contribution is 7.99. The van der Waals surface area contributed by atoms with E-state index in [-0.39, 0.29) is 5.91 Å². The van der Waals surface area contributed by atoms with Crippen molar-refractivity contribution in [2.24, 2.45) is 0 Å². The molecular formula is C18H27N5OS. The molecule has 6 nitrogen and oxygen atoms in total. The first-order valence-corrected chi connectivity index (χ1v) is 10.3. The molecule has 0 saturated heterocycles. The maximum Gasteiger partial charge on any atom is 0.230 e. The molecule has 136 valence electrons. The first kappa shape index (κ1) is 18.0. The maximum atomic E-state index is 12.3. The molecule has 0 radical (unpaired) electrons. The topological polar surface area (TPSA) is 64.7 Å². The summed E-state index contributed by atoms with van der Waals surface area (Å²) in [6.07, 6.45) is 13.1. The van der Waals surface area contributed by atoms with E-state index in [0.717, 1.165) is 36.7 Å². The number of carbonyl (C=O) groups is 1. The molecule has 25 heavy (non-hydrogen) atoms. The van der Waals surface area contributed by atoms with Crippen molar-refractivity contribution in [3.8, 4) is 0 Å². The number of hydrogen-bond acceptors (Lipinski definition) is 4. The molecule has 1 amide bonds. The Labute approximate surface area is 153 Å². The average molecular weight is 362 g/mol. The zero-order valence-corrected chi connectivity index (χ0v) is 15.7. The largest absolute Gasteiger partial charge is 0.353 e. The van der Waals surface area contributed by atoms with Gasteiger partial charge in [-0.25, -0.2) is 4.68 Å². The van der Waals surface area contributed by atoms with Crippen LogP contribution in [0.3, 0.4) is 0 Å². The fourth-order valence-corrected chi connectivity index (χ4v) is 4.04. The Hall–Kier alpha value is -1.76. The van der Waals surface area contributed by atoms with E-state index in [0.29, 0.717) is 11.8 Å². The molecule has 0 unspecified atom stereocenters. The monoisotopic (exact) mass is 361 g/mol. The van der Waals surface area contributed by atoms with Gasteiger partial charge in [-0.15, -0.1) is 10.2 Å². The van der Waals surface area contributed by atoms with Gasteiger partial charge in [0.1, 0.15) is 0 Å². The van der Waals surface area contributed by atoms with Crippen LogP contribution >= 0.6 is 11.8 Å². The number of thioether (sulfide) groups is 1. The van der Waals surface area contributed by atoms with Gasteiger partial charge < -0.3 is 5.32 Å². The van der Waals surface area contributed by atoms with Crippen molar-refractivity contribution in [2.45, 2.75) is 69.5 Å². The Morgan fingerprint density at radius 3 is 2.60 bits per heavy atom. The Balaban J connectivity index is 1.61. The molecule has 1 fully saturated rings. The summed E-state index contributed by atoms with van der Waals surface area (Å²) in [5, 5.41) is 12.6. The van der Waals surface area contributed by atoms with Crippen molar-refractivity contribution < 1.29 is 4.79 Å². The lowest BCUT2D eigenvalue weighted by Crippen LogP contribution is -2.35. The lowest BCUT2D eigenvalue weighted by Gasteiger charge is -2.16. The molecule has 0 spiro atoms. The molecule has 2 aromatic rings. The van der Waals surface area contributed by atoms with E-state index in [1.807, 2.05) is 33.9 Å². The smallest absolute Gasteiger partial charge is 0.230 e. The number of carbonyl (C=O) groups excluding carboxylic acids is 1. The van der Waals surface area contributed by atoms with E-state index in [9.17, 15) is 4.79 Å². The number of nitrogens with one attached hydrogen (secondary N) is 1. The normalized spacial score (nSPS) is 15.9. The highest BCUT2D eigenvalue weighted by Crippen LogP contribution is 2.20. The van der Waals surface area contributed by atoms with Gasteiger partial charge in [0.25, 0.3) is 0 Å². The van der Waals surface area contributed by atoms with Gasteiger partial charge in [-0.1, -0.05) is 44.4 Å². The third kappa shape index (κ3) is 4.87. The molecule has 1 aliphatic carbocycles. The maximum absolute atomic E-state index is 12.3. The van der Waals surface area contributed by atoms with Crippen molar-refractivity contribution in [3.05, 3.63) is 30.4 Å². The van der Waals surface area contributed by atoms with E-state index in [4.69, 9.17) is 0 Å². The molecule has 0 aliphatic heterocycles. The first-order valence-electron chi connectivity index (χ1n) is 9.28. The summed E-state index contributed by atoms with van der Waals surface area (Å²) in [6, 6.07) is 4.29. The standard InChI is InChI=1S/C18H27N5OS/c1-2-9-16-20-21-18(23(16)22-12-7-8-13-22)25-14-17(24)19-15-10-5-3-4-6-11-15/h7-8,12-13,15H,2-6,9-11,14H2,1H3,(H,19,24). The number of hydrogen-bond donors (Lipinski definition) is 1. The third-order valence-corrected chi connectivity index (χ3v) is 5.44. The minimum absolute atomic E-state index is 0.0935. The zero-order chi connectivity index (χ0) is 17.5. The lowest BCUT2D eigenvalue weighted by atomic mass is 10.1. The van der Waals surface area contributed by atoms with Crippen LogP contribution in [0.2, 0.25) is 0 Å². The summed E-state index contributed by atoms with van der Waals surface area (Å²) in [5.41, 5.74) is 0. The van der Waals surface area contributed by atoms with Gasteiger partial charge >= 0.3 is 0 Å². The summed E-state index contributed by atoms with van der Waals surface area (Å²) in [4.78, 5) is 12.3. The molecule has 7 heteroatoms. The van der Waals surface area contributed by atoms with E-state index >= 15 is 0 Å². The van der Waals surface area contributed by atoms with Crippen LogP contribution in [0.5, 0.6) is 0 Å². The van der Waals surface area contributed by atoms with Crippen LogP contribution in [0.15, 0.2) is 29.7 Å². The van der Waals surface area contributed by atoms with E-state index in [2.05, 4.69) is 22.4 Å². The minimum Gasteiger partial charge on any atom is -0.353 e. The predicted molar refractivity (Wildman–Crippen MR) is 99.6 cm³/mol. The fourth-order valence-electron chi connectivity index (χ4n) is 3.28. The first-order chi connectivity index (χ1) is 12.3.